The second-order valence-electron chi connectivity index (χ2n) is 5.87. The fourth-order valence-corrected chi connectivity index (χ4v) is 3.74. The minimum Gasteiger partial charge on any atom is -0.329 e. The lowest BCUT2D eigenvalue weighted by Crippen LogP contribution is -2.34. The van der Waals surface area contributed by atoms with Crippen LogP contribution in [0.3, 0.4) is 0 Å². The Morgan fingerprint density at radius 1 is 1.45 bits per heavy atom. The summed E-state index contributed by atoms with van der Waals surface area (Å²) in [6.07, 6.45) is 3.11. The van der Waals surface area contributed by atoms with Crippen molar-refractivity contribution >= 4 is 5.91 Å². The molecule has 1 saturated carbocycles. The van der Waals surface area contributed by atoms with E-state index in [0.717, 1.165) is 19.3 Å². The van der Waals surface area contributed by atoms with Crippen molar-refractivity contribution in [3.05, 3.63) is 35.4 Å². The van der Waals surface area contributed by atoms with Gasteiger partial charge in [-0.2, -0.15) is 5.26 Å². The maximum Gasteiger partial charge on any atom is 0.227 e. The molecule has 104 valence electrons. The Bertz CT molecular complexity index is 560. The quantitative estimate of drug-likeness (QED) is 0.788. The Balaban J connectivity index is 1.78. The SMILES string of the molecule is CCCN(CC#N)C(=O)C1C2CCc3ccccc3C21. The zero-order valence-corrected chi connectivity index (χ0v) is 11.9. The Labute approximate surface area is 120 Å². The summed E-state index contributed by atoms with van der Waals surface area (Å²) >= 11 is 0. The van der Waals surface area contributed by atoms with Gasteiger partial charge in [0.25, 0.3) is 0 Å². The third-order valence-corrected chi connectivity index (χ3v) is 4.68. The van der Waals surface area contributed by atoms with Crippen LogP contribution in [0.1, 0.15) is 36.8 Å². The molecule has 20 heavy (non-hydrogen) atoms. The van der Waals surface area contributed by atoms with E-state index in [0.29, 0.717) is 18.4 Å². The molecule has 0 spiro atoms. The van der Waals surface area contributed by atoms with Gasteiger partial charge in [0.05, 0.1) is 6.07 Å². The molecule has 0 saturated heterocycles. The van der Waals surface area contributed by atoms with Gasteiger partial charge in [0.15, 0.2) is 0 Å². The first-order valence-electron chi connectivity index (χ1n) is 7.51. The number of nitrogens with zero attached hydrogens (tertiary/aromatic N) is 2. The number of nitriles is 1. The highest BCUT2D eigenvalue weighted by molar-refractivity contribution is 5.84. The molecular weight excluding hydrogens is 248 g/mol. The molecule has 3 nitrogen and oxygen atoms in total. The molecule has 0 N–H and O–H groups in total. The molecule has 3 unspecified atom stereocenters. The van der Waals surface area contributed by atoms with Crippen LogP contribution in [0.4, 0.5) is 0 Å². The molecule has 3 heteroatoms. The second-order valence-corrected chi connectivity index (χ2v) is 5.87. The van der Waals surface area contributed by atoms with E-state index < -0.39 is 0 Å². The summed E-state index contributed by atoms with van der Waals surface area (Å²) in [5, 5.41) is 8.89. The van der Waals surface area contributed by atoms with Crippen LogP contribution < -0.4 is 0 Å². The van der Waals surface area contributed by atoms with Crippen LogP contribution in [0.25, 0.3) is 0 Å². The number of rotatable bonds is 4. The van der Waals surface area contributed by atoms with Crippen molar-refractivity contribution in [1.82, 2.24) is 4.90 Å². The third kappa shape index (κ3) is 2.10. The summed E-state index contributed by atoms with van der Waals surface area (Å²) in [7, 11) is 0. The van der Waals surface area contributed by atoms with Crippen molar-refractivity contribution in [3.8, 4) is 6.07 Å². The predicted molar refractivity (Wildman–Crippen MR) is 77.0 cm³/mol. The van der Waals surface area contributed by atoms with Crippen LogP contribution >= 0.6 is 0 Å². The fraction of sp³-hybridized carbons (Fsp3) is 0.529. The summed E-state index contributed by atoms with van der Waals surface area (Å²) in [4.78, 5) is 14.4. The van der Waals surface area contributed by atoms with Gasteiger partial charge in [-0.1, -0.05) is 31.2 Å². The predicted octanol–water partition coefficient (Wildman–Crippen LogP) is 2.72. The Morgan fingerprint density at radius 3 is 3.00 bits per heavy atom. The van der Waals surface area contributed by atoms with E-state index in [-0.39, 0.29) is 18.4 Å². The summed E-state index contributed by atoms with van der Waals surface area (Å²) in [6.45, 7) is 2.97. The molecule has 3 rings (SSSR count). The zero-order valence-electron chi connectivity index (χ0n) is 11.9. The van der Waals surface area contributed by atoms with Crippen LogP contribution in [-0.4, -0.2) is 23.9 Å². The number of carbonyl (C=O) groups excluding carboxylic acids is 1. The molecule has 0 heterocycles. The highest BCUT2D eigenvalue weighted by Gasteiger charge is 2.57. The smallest absolute Gasteiger partial charge is 0.227 e. The maximum absolute atomic E-state index is 12.6. The van der Waals surface area contributed by atoms with Gasteiger partial charge in [0.2, 0.25) is 5.91 Å². The minimum atomic E-state index is 0.124. The average molecular weight is 268 g/mol. The van der Waals surface area contributed by atoms with Gasteiger partial charge in [-0.05, 0) is 42.2 Å². The molecule has 0 bridgehead atoms. The third-order valence-electron chi connectivity index (χ3n) is 4.68. The minimum absolute atomic E-state index is 0.124. The Hall–Kier alpha value is -1.82. The maximum atomic E-state index is 12.6. The highest BCUT2D eigenvalue weighted by atomic mass is 16.2. The number of amides is 1. The Morgan fingerprint density at radius 2 is 2.25 bits per heavy atom. The number of benzene rings is 1. The molecule has 1 fully saturated rings. The first kappa shape index (κ1) is 13.2. The molecule has 2 aliphatic carbocycles. The van der Waals surface area contributed by atoms with Crippen LogP contribution in [0.15, 0.2) is 24.3 Å². The lowest BCUT2D eigenvalue weighted by atomic mass is 9.92. The average Bonchev–Trinajstić information content (AvgIpc) is 3.21. The van der Waals surface area contributed by atoms with Gasteiger partial charge >= 0.3 is 0 Å². The van der Waals surface area contributed by atoms with Crippen molar-refractivity contribution in [2.24, 2.45) is 11.8 Å². The number of carbonyl (C=O) groups is 1. The van der Waals surface area contributed by atoms with E-state index in [1.54, 1.807) is 4.90 Å². The molecule has 1 amide bonds. The lowest BCUT2D eigenvalue weighted by molar-refractivity contribution is -0.132. The molecular formula is C17H20N2O. The van der Waals surface area contributed by atoms with E-state index in [1.165, 1.54) is 11.1 Å². The van der Waals surface area contributed by atoms with Crippen molar-refractivity contribution in [2.45, 2.75) is 32.1 Å². The first-order valence-corrected chi connectivity index (χ1v) is 7.51. The Kier molecular flexibility index (Phi) is 3.48. The lowest BCUT2D eigenvalue weighted by Gasteiger charge is -2.18. The highest BCUT2D eigenvalue weighted by Crippen LogP contribution is 2.60. The first-order chi connectivity index (χ1) is 9.77. The van der Waals surface area contributed by atoms with E-state index in [4.69, 9.17) is 5.26 Å². The second kappa shape index (κ2) is 5.28. The molecule has 3 atom stereocenters. The summed E-state index contributed by atoms with van der Waals surface area (Å²) in [6, 6.07) is 10.6. The number of fused-ring (bicyclic) bond motifs is 3. The molecule has 1 aromatic carbocycles. The van der Waals surface area contributed by atoms with E-state index >= 15 is 0 Å². The van der Waals surface area contributed by atoms with E-state index in [1.807, 2.05) is 6.92 Å². The van der Waals surface area contributed by atoms with Crippen molar-refractivity contribution in [1.29, 1.82) is 5.26 Å². The van der Waals surface area contributed by atoms with Gasteiger partial charge in [0, 0.05) is 12.5 Å². The molecule has 1 aromatic rings. The van der Waals surface area contributed by atoms with Crippen LogP contribution in [-0.2, 0) is 11.2 Å². The van der Waals surface area contributed by atoms with E-state index in [9.17, 15) is 4.79 Å². The molecule has 0 aromatic heterocycles. The summed E-state index contributed by atoms with van der Waals surface area (Å²) in [5.41, 5.74) is 2.78. The number of hydrogen-bond acceptors (Lipinski definition) is 2. The molecule has 2 aliphatic rings. The van der Waals surface area contributed by atoms with Gasteiger partial charge in [-0.15, -0.1) is 0 Å². The standard InChI is InChI=1S/C17H20N2O/c1-2-10-19(11-9-18)17(20)16-14-8-7-12-5-3-4-6-13(12)15(14)16/h3-6,14-16H,2,7-8,10-11H2,1H3. The number of aryl methyl sites for hydroxylation is 1. The molecule has 0 aliphatic heterocycles. The molecule has 0 radical (unpaired) electrons. The van der Waals surface area contributed by atoms with Gasteiger partial charge in [-0.25, -0.2) is 0 Å². The van der Waals surface area contributed by atoms with Crippen LogP contribution in [0, 0.1) is 23.2 Å². The van der Waals surface area contributed by atoms with Crippen molar-refractivity contribution in [3.63, 3.8) is 0 Å². The largest absolute Gasteiger partial charge is 0.329 e. The van der Waals surface area contributed by atoms with Crippen LogP contribution in [0.2, 0.25) is 0 Å². The zero-order chi connectivity index (χ0) is 14.1. The van der Waals surface area contributed by atoms with Crippen molar-refractivity contribution < 1.29 is 4.79 Å². The summed E-state index contributed by atoms with van der Waals surface area (Å²) < 4.78 is 0. The fourth-order valence-electron chi connectivity index (χ4n) is 3.74. The monoisotopic (exact) mass is 268 g/mol. The van der Waals surface area contributed by atoms with E-state index in [2.05, 4.69) is 30.3 Å². The topological polar surface area (TPSA) is 44.1 Å². The van der Waals surface area contributed by atoms with Gasteiger partial charge in [-0.3, -0.25) is 4.79 Å². The number of hydrogen-bond donors (Lipinski definition) is 0. The van der Waals surface area contributed by atoms with Crippen molar-refractivity contribution in [2.75, 3.05) is 13.1 Å². The van der Waals surface area contributed by atoms with Gasteiger partial charge in [0.1, 0.15) is 6.54 Å². The summed E-state index contributed by atoms with van der Waals surface area (Å²) in [5.74, 6) is 1.24. The van der Waals surface area contributed by atoms with Crippen LogP contribution in [0.5, 0.6) is 0 Å². The normalized spacial score (nSPS) is 26.1. The van der Waals surface area contributed by atoms with Gasteiger partial charge < -0.3 is 4.90 Å².